The SMILES string of the molecule is Cc1cc2c(c(CF)c1F)OC(C)CC2. The molecule has 0 amide bonds. The van der Waals surface area contributed by atoms with Gasteiger partial charge in [0.25, 0.3) is 0 Å². The van der Waals surface area contributed by atoms with Gasteiger partial charge in [0.15, 0.2) is 0 Å². The zero-order valence-corrected chi connectivity index (χ0v) is 8.94. The van der Waals surface area contributed by atoms with Crippen molar-refractivity contribution >= 4 is 0 Å². The molecule has 1 aliphatic rings. The number of hydrogen-bond donors (Lipinski definition) is 0. The molecule has 1 unspecified atom stereocenters. The van der Waals surface area contributed by atoms with E-state index >= 15 is 0 Å². The number of aryl methyl sites for hydroxylation is 2. The van der Waals surface area contributed by atoms with Crippen molar-refractivity contribution in [1.29, 1.82) is 0 Å². The predicted octanol–water partition coefficient (Wildman–Crippen LogP) is 3.32. The first-order valence-corrected chi connectivity index (χ1v) is 5.17. The van der Waals surface area contributed by atoms with Crippen LogP contribution >= 0.6 is 0 Å². The maximum atomic E-state index is 13.6. The summed E-state index contributed by atoms with van der Waals surface area (Å²) in [5.41, 5.74) is 1.51. The minimum absolute atomic E-state index is 0.0462. The second kappa shape index (κ2) is 3.80. The van der Waals surface area contributed by atoms with Crippen LogP contribution in [0.4, 0.5) is 8.78 Å². The molecule has 0 aromatic heterocycles. The van der Waals surface area contributed by atoms with E-state index in [2.05, 4.69) is 0 Å². The van der Waals surface area contributed by atoms with Gasteiger partial charge >= 0.3 is 0 Å². The Balaban J connectivity index is 2.56. The topological polar surface area (TPSA) is 9.23 Å². The molecule has 1 aliphatic heterocycles. The molecule has 15 heavy (non-hydrogen) atoms. The van der Waals surface area contributed by atoms with Crippen LogP contribution in [-0.2, 0) is 13.1 Å². The van der Waals surface area contributed by atoms with Gasteiger partial charge in [-0.25, -0.2) is 8.78 Å². The van der Waals surface area contributed by atoms with E-state index in [0.29, 0.717) is 11.3 Å². The number of fused-ring (bicyclic) bond motifs is 1. The van der Waals surface area contributed by atoms with Crippen molar-refractivity contribution < 1.29 is 13.5 Å². The smallest absolute Gasteiger partial charge is 0.135 e. The molecule has 0 N–H and O–H groups in total. The van der Waals surface area contributed by atoms with Crippen molar-refractivity contribution in [3.8, 4) is 5.75 Å². The fraction of sp³-hybridized carbons (Fsp3) is 0.500. The van der Waals surface area contributed by atoms with Crippen LogP contribution in [-0.4, -0.2) is 6.10 Å². The molecule has 0 saturated carbocycles. The minimum atomic E-state index is -0.803. The van der Waals surface area contributed by atoms with Gasteiger partial charge in [-0.2, -0.15) is 0 Å². The highest BCUT2D eigenvalue weighted by Crippen LogP contribution is 2.35. The third-order valence-electron chi connectivity index (χ3n) is 2.84. The van der Waals surface area contributed by atoms with Gasteiger partial charge in [0.05, 0.1) is 11.7 Å². The maximum absolute atomic E-state index is 13.6. The first-order valence-electron chi connectivity index (χ1n) is 5.17. The van der Waals surface area contributed by atoms with E-state index in [1.165, 1.54) is 0 Å². The number of ether oxygens (including phenoxy) is 1. The van der Waals surface area contributed by atoms with E-state index in [1.807, 2.05) is 6.92 Å². The highest BCUT2D eigenvalue weighted by atomic mass is 19.1. The molecule has 1 atom stereocenters. The second-order valence-electron chi connectivity index (χ2n) is 4.08. The van der Waals surface area contributed by atoms with Gasteiger partial charge in [-0.3, -0.25) is 0 Å². The fourth-order valence-electron chi connectivity index (χ4n) is 1.99. The zero-order valence-electron chi connectivity index (χ0n) is 8.94. The highest BCUT2D eigenvalue weighted by Gasteiger charge is 2.23. The summed E-state index contributed by atoms with van der Waals surface area (Å²) in [5.74, 6) is -0.0373. The summed E-state index contributed by atoms with van der Waals surface area (Å²) in [6.07, 6.45) is 1.79. The molecule has 0 bridgehead atoms. The summed E-state index contributed by atoms with van der Waals surface area (Å²) in [6, 6.07) is 1.76. The van der Waals surface area contributed by atoms with Crippen LogP contribution in [0.25, 0.3) is 0 Å². The Kier molecular flexibility index (Phi) is 2.63. The summed E-state index contributed by atoms with van der Waals surface area (Å²) in [7, 11) is 0. The van der Waals surface area contributed by atoms with E-state index in [0.717, 1.165) is 18.4 Å². The number of rotatable bonds is 1. The predicted molar refractivity (Wildman–Crippen MR) is 54.4 cm³/mol. The molecule has 1 nitrogen and oxygen atoms in total. The largest absolute Gasteiger partial charge is 0.490 e. The highest BCUT2D eigenvalue weighted by molar-refractivity contribution is 5.46. The summed E-state index contributed by atoms with van der Waals surface area (Å²) < 4.78 is 31.9. The van der Waals surface area contributed by atoms with Crippen LogP contribution in [0.5, 0.6) is 5.75 Å². The monoisotopic (exact) mass is 212 g/mol. The van der Waals surface area contributed by atoms with E-state index in [9.17, 15) is 8.78 Å². The molecular formula is C12H14F2O. The molecule has 1 aromatic rings. The van der Waals surface area contributed by atoms with E-state index < -0.39 is 12.5 Å². The molecule has 0 saturated heterocycles. The Morgan fingerprint density at radius 2 is 2.27 bits per heavy atom. The lowest BCUT2D eigenvalue weighted by Crippen LogP contribution is -2.20. The summed E-state index contributed by atoms with van der Waals surface area (Å²) in [4.78, 5) is 0. The Morgan fingerprint density at radius 3 is 2.93 bits per heavy atom. The fourth-order valence-corrected chi connectivity index (χ4v) is 1.99. The molecule has 0 spiro atoms. The average molecular weight is 212 g/mol. The van der Waals surface area contributed by atoms with Crippen LogP contribution in [0.1, 0.15) is 30.0 Å². The Hall–Kier alpha value is -1.12. The van der Waals surface area contributed by atoms with Crippen molar-refractivity contribution in [2.75, 3.05) is 0 Å². The van der Waals surface area contributed by atoms with Crippen molar-refractivity contribution in [1.82, 2.24) is 0 Å². The van der Waals surface area contributed by atoms with E-state index in [-0.39, 0.29) is 11.7 Å². The molecule has 1 aromatic carbocycles. The molecule has 3 heteroatoms. The van der Waals surface area contributed by atoms with Gasteiger partial charge in [0.2, 0.25) is 0 Å². The van der Waals surface area contributed by atoms with Crippen molar-refractivity contribution in [2.45, 2.75) is 39.5 Å². The molecule has 1 heterocycles. The quantitative estimate of drug-likeness (QED) is 0.693. The zero-order chi connectivity index (χ0) is 11.0. The van der Waals surface area contributed by atoms with Gasteiger partial charge in [0, 0.05) is 0 Å². The molecule has 0 fully saturated rings. The number of benzene rings is 1. The Labute approximate surface area is 88.1 Å². The second-order valence-corrected chi connectivity index (χ2v) is 4.08. The molecular weight excluding hydrogens is 198 g/mol. The van der Waals surface area contributed by atoms with E-state index in [1.54, 1.807) is 13.0 Å². The van der Waals surface area contributed by atoms with Gasteiger partial charge in [0.1, 0.15) is 18.2 Å². The lowest BCUT2D eigenvalue weighted by atomic mass is 9.97. The first-order chi connectivity index (χ1) is 7.13. The van der Waals surface area contributed by atoms with Crippen LogP contribution in [0.2, 0.25) is 0 Å². The van der Waals surface area contributed by atoms with Crippen molar-refractivity contribution in [3.63, 3.8) is 0 Å². The summed E-state index contributed by atoms with van der Waals surface area (Å²) in [6.45, 7) is 2.78. The number of alkyl halides is 1. The number of hydrogen-bond acceptors (Lipinski definition) is 1. The molecule has 82 valence electrons. The third kappa shape index (κ3) is 1.71. The van der Waals surface area contributed by atoms with Gasteiger partial charge in [-0.05, 0) is 43.9 Å². The van der Waals surface area contributed by atoms with Gasteiger partial charge in [-0.15, -0.1) is 0 Å². The minimum Gasteiger partial charge on any atom is -0.490 e. The van der Waals surface area contributed by atoms with E-state index in [4.69, 9.17) is 4.74 Å². The average Bonchev–Trinajstić information content (AvgIpc) is 2.21. The Morgan fingerprint density at radius 1 is 1.53 bits per heavy atom. The summed E-state index contributed by atoms with van der Waals surface area (Å²) >= 11 is 0. The Bertz CT molecular complexity index is 388. The normalized spacial score (nSPS) is 19.6. The van der Waals surface area contributed by atoms with Crippen LogP contribution in [0.15, 0.2) is 6.07 Å². The van der Waals surface area contributed by atoms with Crippen LogP contribution in [0, 0.1) is 12.7 Å². The van der Waals surface area contributed by atoms with Gasteiger partial charge < -0.3 is 4.74 Å². The summed E-state index contributed by atoms with van der Waals surface area (Å²) in [5, 5.41) is 0. The van der Waals surface area contributed by atoms with Crippen LogP contribution in [0.3, 0.4) is 0 Å². The lowest BCUT2D eigenvalue weighted by Gasteiger charge is -2.25. The van der Waals surface area contributed by atoms with Crippen LogP contribution < -0.4 is 4.74 Å². The standard InChI is InChI=1S/C12H14F2O/c1-7-5-9-4-3-8(2)15-12(9)10(6-13)11(7)14/h5,8H,3-4,6H2,1-2H3. The molecule has 0 radical (unpaired) electrons. The number of halogens is 2. The van der Waals surface area contributed by atoms with Crippen molar-refractivity contribution in [3.05, 3.63) is 28.6 Å². The molecule has 2 rings (SSSR count). The van der Waals surface area contributed by atoms with Gasteiger partial charge in [-0.1, -0.05) is 0 Å². The molecule has 0 aliphatic carbocycles. The third-order valence-corrected chi connectivity index (χ3v) is 2.84. The maximum Gasteiger partial charge on any atom is 0.135 e. The lowest BCUT2D eigenvalue weighted by molar-refractivity contribution is 0.187. The van der Waals surface area contributed by atoms with Crippen molar-refractivity contribution in [2.24, 2.45) is 0 Å². The first kappa shape index (κ1) is 10.4.